The van der Waals surface area contributed by atoms with Gasteiger partial charge in [-0.15, -0.1) is 0 Å². The standard InChI is InChI=1S/C20H31FO/c1-3-5-6-8-16-11-13-17(14-12-16)20(4-2)22-19-10-7-9-18(21)15-19/h7,9-10,15-17,20H,3-6,8,11-14H2,1-2H3. The third-order valence-corrected chi connectivity index (χ3v) is 5.12. The van der Waals surface area contributed by atoms with E-state index in [1.54, 1.807) is 6.07 Å². The second-order valence-corrected chi connectivity index (χ2v) is 6.80. The molecule has 0 bridgehead atoms. The van der Waals surface area contributed by atoms with E-state index in [-0.39, 0.29) is 11.9 Å². The summed E-state index contributed by atoms with van der Waals surface area (Å²) in [4.78, 5) is 0. The Kier molecular flexibility index (Phi) is 7.21. The molecule has 1 aromatic carbocycles. The number of hydrogen-bond acceptors (Lipinski definition) is 1. The molecule has 0 saturated heterocycles. The fourth-order valence-electron chi connectivity index (χ4n) is 3.76. The van der Waals surface area contributed by atoms with E-state index in [4.69, 9.17) is 4.74 Å². The van der Waals surface area contributed by atoms with Crippen molar-refractivity contribution in [1.82, 2.24) is 0 Å². The predicted octanol–water partition coefficient (Wildman–Crippen LogP) is 6.37. The van der Waals surface area contributed by atoms with Crippen LogP contribution in [0, 0.1) is 17.7 Å². The molecule has 1 aliphatic carbocycles. The Morgan fingerprint density at radius 2 is 1.91 bits per heavy atom. The maximum atomic E-state index is 13.3. The highest BCUT2D eigenvalue weighted by atomic mass is 19.1. The zero-order valence-corrected chi connectivity index (χ0v) is 14.2. The molecule has 22 heavy (non-hydrogen) atoms. The number of halogens is 1. The highest BCUT2D eigenvalue weighted by molar-refractivity contribution is 5.22. The highest BCUT2D eigenvalue weighted by Gasteiger charge is 2.27. The van der Waals surface area contributed by atoms with Gasteiger partial charge in [-0.1, -0.05) is 58.4 Å². The normalized spacial score (nSPS) is 23.2. The van der Waals surface area contributed by atoms with Crippen molar-refractivity contribution in [1.29, 1.82) is 0 Å². The Balaban J connectivity index is 1.80. The molecule has 0 radical (unpaired) electrons. The summed E-state index contributed by atoms with van der Waals surface area (Å²) in [5.74, 6) is 2.02. The van der Waals surface area contributed by atoms with Gasteiger partial charge < -0.3 is 4.74 Å². The van der Waals surface area contributed by atoms with Crippen LogP contribution in [0.25, 0.3) is 0 Å². The van der Waals surface area contributed by atoms with Crippen molar-refractivity contribution in [2.45, 2.75) is 77.7 Å². The van der Waals surface area contributed by atoms with Crippen LogP contribution < -0.4 is 4.74 Å². The first-order valence-electron chi connectivity index (χ1n) is 9.15. The third kappa shape index (κ3) is 5.30. The van der Waals surface area contributed by atoms with Crippen LogP contribution in [0.5, 0.6) is 5.75 Å². The maximum Gasteiger partial charge on any atom is 0.126 e. The average Bonchev–Trinajstić information content (AvgIpc) is 2.54. The molecule has 0 aliphatic heterocycles. The van der Waals surface area contributed by atoms with Crippen LogP contribution >= 0.6 is 0 Å². The van der Waals surface area contributed by atoms with Crippen molar-refractivity contribution in [3.05, 3.63) is 30.1 Å². The Labute approximate surface area is 135 Å². The molecule has 1 aromatic rings. The third-order valence-electron chi connectivity index (χ3n) is 5.12. The molecule has 1 atom stereocenters. The molecule has 1 nitrogen and oxygen atoms in total. The van der Waals surface area contributed by atoms with Crippen molar-refractivity contribution < 1.29 is 9.13 Å². The van der Waals surface area contributed by atoms with Crippen molar-refractivity contribution in [3.63, 3.8) is 0 Å². The number of unbranched alkanes of at least 4 members (excludes halogenated alkanes) is 2. The summed E-state index contributed by atoms with van der Waals surface area (Å²) < 4.78 is 19.4. The quantitative estimate of drug-likeness (QED) is 0.507. The minimum atomic E-state index is -0.216. The molecular weight excluding hydrogens is 275 g/mol. The van der Waals surface area contributed by atoms with Crippen LogP contribution in [0.4, 0.5) is 4.39 Å². The number of rotatable bonds is 8. The first kappa shape index (κ1) is 17.3. The van der Waals surface area contributed by atoms with Crippen LogP contribution in [0.2, 0.25) is 0 Å². The van der Waals surface area contributed by atoms with Crippen LogP contribution in [0.3, 0.4) is 0 Å². The van der Waals surface area contributed by atoms with E-state index in [1.165, 1.54) is 63.5 Å². The SMILES string of the molecule is CCCCCC1CCC(C(CC)Oc2cccc(F)c2)CC1. The summed E-state index contributed by atoms with van der Waals surface area (Å²) in [5.41, 5.74) is 0. The predicted molar refractivity (Wildman–Crippen MR) is 90.7 cm³/mol. The molecule has 0 aromatic heterocycles. The van der Waals surface area contributed by atoms with Crippen LogP contribution in [0.15, 0.2) is 24.3 Å². The molecular formula is C20H31FO. The molecule has 1 unspecified atom stereocenters. The zero-order valence-electron chi connectivity index (χ0n) is 14.2. The maximum absolute atomic E-state index is 13.3. The molecule has 0 spiro atoms. The topological polar surface area (TPSA) is 9.23 Å². The van der Waals surface area contributed by atoms with E-state index in [2.05, 4.69) is 13.8 Å². The Morgan fingerprint density at radius 3 is 2.55 bits per heavy atom. The lowest BCUT2D eigenvalue weighted by molar-refractivity contribution is 0.0892. The van der Waals surface area contributed by atoms with Gasteiger partial charge in [-0.3, -0.25) is 0 Å². The van der Waals surface area contributed by atoms with Crippen molar-refractivity contribution in [2.24, 2.45) is 11.8 Å². The fraction of sp³-hybridized carbons (Fsp3) is 0.700. The average molecular weight is 306 g/mol. The van der Waals surface area contributed by atoms with Gasteiger partial charge in [-0.05, 0) is 43.2 Å². The van der Waals surface area contributed by atoms with E-state index in [0.29, 0.717) is 11.7 Å². The summed E-state index contributed by atoms with van der Waals surface area (Å²) in [6.45, 7) is 4.45. The van der Waals surface area contributed by atoms with Gasteiger partial charge in [-0.2, -0.15) is 0 Å². The minimum absolute atomic E-state index is 0.216. The zero-order chi connectivity index (χ0) is 15.8. The minimum Gasteiger partial charge on any atom is -0.490 e. The van der Waals surface area contributed by atoms with Crippen LogP contribution in [0.1, 0.15) is 71.6 Å². The van der Waals surface area contributed by atoms with Gasteiger partial charge in [-0.25, -0.2) is 4.39 Å². The number of hydrogen-bond donors (Lipinski definition) is 0. The van der Waals surface area contributed by atoms with Crippen LogP contribution in [-0.2, 0) is 0 Å². The van der Waals surface area contributed by atoms with E-state index >= 15 is 0 Å². The molecule has 2 rings (SSSR count). The van der Waals surface area contributed by atoms with Gasteiger partial charge in [0.05, 0.1) is 0 Å². The van der Waals surface area contributed by atoms with Crippen molar-refractivity contribution in [3.8, 4) is 5.75 Å². The molecule has 2 heteroatoms. The Hall–Kier alpha value is -1.05. The second kappa shape index (κ2) is 9.17. The monoisotopic (exact) mass is 306 g/mol. The molecule has 1 fully saturated rings. The summed E-state index contributed by atoms with van der Waals surface area (Å²) in [5, 5.41) is 0. The van der Waals surface area contributed by atoms with Gasteiger partial charge in [0.2, 0.25) is 0 Å². The van der Waals surface area contributed by atoms with E-state index in [9.17, 15) is 4.39 Å². The molecule has 1 aliphatic rings. The van der Waals surface area contributed by atoms with Gasteiger partial charge in [0.25, 0.3) is 0 Å². The lowest BCUT2D eigenvalue weighted by Gasteiger charge is -2.33. The van der Waals surface area contributed by atoms with Gasteiger partial charge >= 0.3 is 0 Å². The smallest absolute Gasteiger partial charge is 0.126 e. The summed E-state index contributed by atoms with van der Waals surface area (Å²) in [6.07, 6.45) is 11.9. The number of benzene rings is 1. The number of ether oxygens (including phenoxy) is 1. The van der Waals surface area contributed by atoms with E-state index < -0.39 is 0 Å². The van der Waals surface area contributed by atoms with E-state index in [1.807, 2.05) is 6.07 Å². The summed E-state index contributed by atoms with van der Waals surface area (Å²) in [7, 11) is 0. The lowest BCUT2D eigenvalue weighted by atomic mass is 9.77. The second-order valence-electron chi connectivity index (χ2n) is 6.80. The first-order chi connectivity index (χ1) is 10.7. The Morgan fingerprint density at radius 1 is 1.14 bits per heavy atom. The van der Waals surface area contributed by atoms with Gasteiger partial charge in [0.1, 0.15) is 17.7 Å². The van der Waals surface area contributed by atoms with Gasteiger partial charge in [0, 0.05) is 6.07 Å². The molecule has 0 N–H and O–H groups in total. The van der Waals surface area contributed by atoms with E-state index in [0.717, 1.165) is 12.3 Å². The van der Waals surface area contributed by atoms with Crippen molar-refractivity contribution >= 4 is 0 Å². The largest absolute Gasteiger partial charge is 0.490 e. The summed E-state index contributed by atoms with van der Waals surface area (Å²) >= 11 is 0. The highest BCUT2D eigenvalue weighted by Crippen LogP contribution is 2.35. The molecule has 1 saturated carbocycles. The molecule has 0 heterocycles. The fourth-order valence-corrected chi connectivity index (χ4v) is 3.76. The molecule has 0 amide bonds. The summed E-state index contributed by atoms with van der Waals surface area (Å²) in [6, 6.07) is 6.55. The molecule has 124 valence electrons. The Bertz CT molecular complexity index is 423. The van der Waals surface area contributed by atoms with Gasteiger partial charge in [0.15, 0.2) is 0 Å². The van der Waals surface area contributed by atoms with Crippen LogP contribution in [-0.4, -0.2) is 6.10 Å². The first-order valence-corrected chi connectivity index (χ1v) is 9.15. The lowest BCUT2D eigenvalue weighted by Crippen LogP contribution is -2.30. The van der Waals surface area contributed by atoms with Crippen molar-refractivity contribution in [2.75, 3.05) is 0 Å².